The van der Waals surface area contributed by atoms with E-state index in [1.54, 1.807) is 6.92 Å². The van der Waals surface area contributed by atoms with Gasteiger partial charge in [-0.3, -0.25) is 9.59 Å². The largest absolute Gasteiger partial charge is 0.481 e. The minimum atomic E-state index is -0.572. The highest BCUT2D eigenvalue weighted by molar-refractivity contribution is 5.94. The number of nitrogens with one attached hydrogen (secondary N) is 1. The van der Waals surface area contributed by atoms with Gasteiger partial charge in [0.2, 0.25) is 0 Å². The zero-order valence-electron chi connectivity index (χ0n) is 18.4. The summed E-state index contributed by atoms with van der Waals surface area (Å²) in [5.41, 5.74) is 2.95. The Kier molecular flexibility index (Phi) is 7.14. The summed E-state index contributed by atoms with van der Waals surface area (Å²) in [4.78, 5) is 27.2. The van der Waals surface area contributed by atoms with Gasteiger partial charge < -0.3 is 15.0 Å². The normalized spacial score (nSPS) is 15.7. The van der Waals surface area contributed by atoms with Crippen LogP contribution in [0.3, 0.4) is 0 Å². The van der Waals surface area contributed by atoms with Crippen molar-refractivity contribution in [2.45, 2.75) is 58.6 Å². The number of para-hydroxylation sites is 1. The van der Waals surface area contributed by atoms with Crippen LogP contribution in [-0.4, -0.2) is 41.9 Å². The first kappa shape index (κ1) is 21.9. The van der Waals surface area contributed by atoms with Gasteiger partial charge in [-0.15, -0.1) is 0 Å². The maximum Gasteiger partial charge on any atom is 0.260 e. The van der Waals surface area contributed by atoms with Gasteiger partial charge in [-0.2, -0.15) is 0 Å². The van der Waals surface area contributed by atoms with E-state index < -0.39 is 6.10 Å². The lowest BCUT2D eigenvalue weighted by Gasteiger charge is -2.33. The first-order valence-electron chi connectivity index (χ1n) is 10.8. The van der Waals surface area contributed by atoms with Crippen molar-refractivity contribution in [1.82, 2.24) is 10.2 Å². The molecule has 3 rings (SSSR count). The maximum absolute atomic E-state index is 12.7. The molecule has 5 heteroatoms. The Morgan fingerprint density at radius 2 is 1.63 bits per heavy atom. The summed E-state index contributed by atoms with van der Waals surface area (Å²) >= 11 is 0. The Labute approximate surface area is 179 Å². The monoisotopic (exact) mass is 408 g/mol. The average Bonchev–Trinajstić information content (AvgIpc) is 2.74. The predicted molar refractivity (Wildman–Crippen MR) is 119 cm³/mol. The average molecular weight is 409 g/mol. The Morgan fingerprint density at radius 3 is 2.27 bits per heavy atom. The SMILES string of the molecule is Cc1ccc(C(=O)N2CCC(NC(=O)C(C)Oc3ccccc3C(C)C)CC2)cc1. The van der Waals surface area contributed by atoms with Crippen LogP contribution in [0.15, 0.2) is 48.5 Å². The van der Waals surface area contributed by atoms with Crippen LogP contribution in [0.5, 0.6) is 5.75 Å². The van der Waals surface area contributed by atoms with Gasteiger partial charge in [-0.25, -0.2) is 0 Å². The number of hydrogen-bond acceptors (Lipinski definition) is 3. The molecule has 0 radical (unpaired) electrons. The zero-order chi connectivity index (χ0) is 21.7. The van der Waals surface area contributed by atoms with Gasteiger partial charge in [0.25, 0.3) is 11.8 Å². The molecule has 1 aliphatic heterocycles. The molecule has 1 fully saturated rings. The fourth-order valence-corrected chi connectivity index (χ4v) is 3.73. The van der Waals surface area contributed by atoms with Crippen molar-refractivity contribution in [3.05, 3.63) is 65.2 Å². The second-order valence-electron chi connectivity index (χ2n) is 8.39. The third-order valence-electron chi connectivity index (χ3n) is 5.64. The number of hydrogen-bond donors (Lipinski definition) is 1. The lowest BCUT2D eigenvalue weighted by Crippen LogP contribution is -2.49. The minimum Gasteiger partial charge on any atom is -0.481 e. The number of piperidine rings is 1. The third kappa shape index (κ3) is 5.41. The minimum absolute atomic E-state index is 0.0572. The van der Waals surface area contributed by atoms with E-state index in [9.17, 15) is 9.59 Å². The molecule has 2 amide bonds. The number of likely N-dealkylation sites (tertiary alicyclic amines) is 1. The van der Waals surface area contributed by atoms with Crippen molar-refractivity contribution < 1.29 is 14.3 Å². The molecule has 1 atom stereocenters. The molecule has 0 saturated carbocycles. The highest BCUT2D eigenvalue weighted by atomic mass is 16.5. The molecule has 1 saturated heterocycles. The first-order valence-corrected chi connectivity index (χ1v) is 10.8. The molecular formula is C25H32N2O3. The molecule has 0 spiro atoms. The molecule has 1 aliphatic rings. The maximum atomic E-state index is 12.7. The van der Waals surface area contributed by atoms with Crippen LogP contribution in [0.1, 0.15) is 61.0 Å². The molecule has 2 aromatic carbocycles. The molecule has 0 aromatic heterocycles. The second-order valence-corrected chi connectivity index (χ2v) is 8.39. The van der Waals surface area contributed by atoms with E-state index in [0.717, 1.165) is 29.7 Å². The molecular weight excluding hydrogens is 376 g/mol. The van der Waals surface area contributed by atoms with Gasteiger partial charge in [0.05, 0.1) is 0 Å². The number of carbonyl (C=O) groups is 2. The first-order chi connectivity index (χ1) is 14.3. The predicted octanol–water partition coefficient (Wildman–Crippen LogP) is 4.31. The zero-order valence-corrected chi connectivity index (χ0v) is 18.4. The standard InChI is InChI=1S/C25H32N2O3/c1-17(2)22-7-5-6-8-23(22)30-19(4)24(28)26-21-13-15-27(16-14-21)25(29)20-11-9-18(3)10-12-20/h5-12,17,19,21H,13-16H2,1-4H3,(H,26,28). The van der Waals surface area contributed by atoms with Crippen LogP contribution >= 0.6 is 0 Å². The number of ether oxygens (including phenoxy) is 1. The van der Waals surface area contributed by atoms with Crippen molar-refractivity contribution in [3.8, 4) is 5.75 Å². The Hall–Kier alpha value is -2.82. The summed E-state index contributed by atoms with van der Waals surface area (Å²) in [5, 5.41) is 3.09. The number of rotatable bonds is 6. The molecule has 160 valence electrons. The number of nitrogens with zero attached hydrogens (tertiary/aromatic N) is 1. The van der Waals surface area contributed by atoms with Crippen molar-refractivity contribution in [2.75, 3.05) is 13.1 Å². The van der Waals surface area contributed by atoms with Crippen molar-refractivity contribution in [2.24, 2.45) is 0 Å². The van der Waals surface area contributed by atoms with E-state index >= 15 is 0 Å². The lowest BCUT2D eigenvalue weighted by atomic mass is 10.0. The van der Waals surface area contributed by atoms with Crippen LogP contribution in [-0.2, 0) is 4.79 Å². The molecule has 1 heterocycles. The molecule has 5 nitrogen and oxygen atoms in total. The van der Waals surface area contributed by atoms with E-state index in [0.29, 0.717) is 24.6 Å². The summed E-state index contributed by atoms with van der Waals surface area (Å²) in [5.74, 6) is 1.03. The van der Waals surface area contributed by atoms with Crippen molar-refractivity contribution >= 4 is 11.8 Å². The summed E-state index contributed by atoms with van der Waals surface area (Å²) in [7, 11) is 0. The Morgan fingerprint density at radius 1 is 1.00 bits per heavy atom. The Bertz CT molecular complexity index is 868. The topological polar surface area (TPSA) is 58.6 Å². The second kappa shape index (κ2) is 9.79. The smallest absolute Gasteiger partial charge is 0.260 e. The van der Waals surface area contributed by atoms with E-state index in [1.807, 2.05) is 60.4 Å². The highest BCUT2D eigenvalue weighted by Crippen LogP contribution is 2.26. The van der Waals surface area contributed by atoms with Crippen LogP contribution in [0.4, 0.5) is 0 Å². The van der Waals surface area contributed by atoms with Gasteiger partial charge in [0, 0.05) is 24.7 Å². The van der Waals surface area contributed by atoms with E-state index in [4.69, 9.17) is 4.74 Å². The van der Waals surface area contributed by atoms with Crippen LogP contribution in [0.2, 0.25) is 0 Å². The Balaban J connectivity index is 1.50. The lowest BCUT2D eigenvalue weighted by molar-refractivity contribution is -0.128. The molecule has 1 N–H and O–H groups in total. The van der Waals surface area contributed by atoms with Crippen LogP contribution in [0, 0.1) is 6.92 Å². The van der Waals surface area contributed by atoms with E-state index in [-0.39, 0.29) is 17.9 Å². The number of amides is 2. The molecule has 2 aromatic rings. The van der Waals surface area contributed by atoms with Gasteiger partial charge >= 0.3 is 0 Å². The summed E-state index contributed by atoms with van der Waals surface area (Å²) in [6.45, 7) is 9.29. The third-order valence-corrected chi connectivity index (χ3v) is 5.64. The van der Waals surface area contributed by atoms with Crippen LogP contribution in [0.25, 0.3) is 0 Å². The van der Waals surface area contributed by atoms with Crippen LogP contribution < -0.4 is 10.1 Å². The summed E-state index contributed by atoms with van der Waals surface area (Å²) < 4.78 is 5.96. The number of benzene rings is 2. The fourth-order valence-electron chi connectivity index (χ4n) is 3.73. The molecule has 0 aliphatic carbocycles. The highest BCUT2D eigenvalue weighted by Gasteiger charge is 2.26. The van der Waals surface area contributed by atoms with Gasteiger partial charge in [0.1, 0.15) is 5.75 Å². The van der Waals surface area contributed by atoms with E-state index in [1.165, 1.54) is 0 Å². The molecule has 1 unspecified atom stereocenters. The van der Waals surface area contributed by atoms with Crippen molar-refractivity contribution in [1.29, 1.82) is 0 Å². The molecule has 0 bridgehead atoms. The van der Waals surface area contributed by atoms with E-state index in [2.05, 4.69) is 19.2 Å². The summed E-state index contributed by atoms with van der Waals surface area (Å²) in [6, 6.07) is 15.6. The van der Waals surface area contributed by atoms with Crippen molar-refractivity contribution in [3.63, 3.8) is 0 Å². The molecule has 30 heavy (non-hydrogen) atoms. The van der Waals surface area contributed by atoms with Gasteiger partial charge in [0.15, 0.2) is 6.10 Å². The van der Waals surface area contributed by atoms with Gasteiger partial charge in [-0.1, -0.05) is 49.7 Å². The number of carbonyl (C=O) groups excluding carboxylic acids is 2. The quantitative estimate of drug-likeness (QED) is 0.775. The van der Waals surface area contributed by atoms with Gasteiger partial charge in [-0.05, 0) is 56.4 Å². The fraction of sp³-hybridized carbons (Fsp3) is 0.440. The summed E-state index contributed by atoms with van der Waals surface area (Å²) in [6.07, 6.45) is 0.925. The number of aryl methyl sites for hydroxylation is 1.